The van der Waals surface area contributed by atoms with E-state index in [0.29, 0.717) is 9.37 Å². The number of hydrogen-bond donors (Lipinski definition) is 2. The van der Waals surface area contributed by atoms with Crippen LogP contribution in [-0.2, 0) is 0 Å². The number of benzene rings is 2. The van der Waals surface area contributed by atoms with Gasteiger partial charge < -0.3 is 5.32 Å². The second-order valence-corrected chi connectivity index (χ2v) is 5.11. The third-order valence-corrected chi connectivity index (χ3v) is 3.34. The fraction of sp³-hybridized carbons (Fsp3) is 0. The molecule has 0 aromatic heterocycles. The van der Waals surface area contributed by atoms with E-state index in [-0.39, 0.29) is 11.3 Å². The lowest BCUT2D eigenvalue weighted by atomic mass is 10.2. The summed E-state index contributed by atoms with van der Waals surface area (Å²) in [4.78, 5) is 12.6. The van der Waals surface area contributed by atoms with Crippen LogP contribution in [0, 0.1) is 11.6 Å². The zero-order valence-electron chi connectivity index (χ0n) is 9.45. The maximum Gasteiger partial charge on any atom is 0.256 e. The van der Waals surface area contributed by atoms with Gasteiger partial charge in [-0.2, -0.15) is 0 Å². The molecule has 98 valence electrons. The van der Waals surface area contributed by atoms with Gasteiger partial charge in [0, 0.05) is 15.4 Å². The van der Waals surface area contributed by atoms with Crippen molar-refractivity contribution in [3.63, 3.8) is 0 Å². The van der Waals surface area contributed by atoms with E-state index in [0.717, 1.165) is 18.2 Å². The van der Waals surface area contributed by atoms with E-state index < -0.39 is 17.5 Å². The van der Waals surface area contributed by atoms with Crippen molar-refractivity contribution in [3.05, 3.63) is 58.1 Å². The molecule has 2 nitrogen and oxygen atoms in total. The molecule has 2 aromatic rings. The number of carbonyl (C=O) groups is 1. The number of amides is 1. The second kappa shape index (κ2) is 5.71. The topological polar surface area (TPSA) is 29.1 Å². The van der Waals surface area contributed by atoms with Gasteiger partial charge in [-0.15, -0.1) is 12.6 Å². The molecule has 0 aliphatic carbocycles. The third kappa shape index (κ3) is 3.33. The predicted octanol–water partition coefficient (Wildman–Crippen LogP) is 4.27. The van der Waals surface area contributed by atoms with Gasteiger partial charge in [-0.3, -0.25) is 4.79 Å². The van der Waals surface area contributed by atoms with Crippen molar-refractivity contribution < 1.29 is 13.6 Å². The number of rotatable bonds is 2. The lowest BCUT2D eigenvalue weighted by Crippen LogP contribution is -2.14. The highest BCUT2D eigenvalue weighted by molar-refractivity contribution is 9.10. The Bertz CT molecular complexity index is 649. The summed E-state index contributed by atoms with van der Waals surface area (Å²) in [6.07, 6.45) is 0. The quantitative estimate of drug-likeness (QED) is 0.783. The van der Waals surface area contributed by atoms with Gasteiger partial charge in [0.15, 0.2) is 0 Å². The van der Waals surface area contributed by atoms with Crippen molar-refractivity contribution >= 4 is 40.2 Å². The first-order chi connectivity index (χ1) is 8.97. The van der Waals surface area contributed by atoms with Gasteiger partial charge in [-0.1, -0.05) is 0 Å². The predicted molar refractivity (Wildman–Crippen MR) is 75.7 cm³/mol. The fourth-order valence-electron chi connectivity index (χ4n) is 1.47. The molecule has 0 atom stereocenters. The van der Waals surface area contributed by atoms with Gasteiger partial charge in [0.2, 0.25) is 0 Å². The molecule has 6 heteroatoms. The number of hydrogen-bond acceptors (Lipinski definition) is 2. The molecule has 0 spiro atoms. The minimum atomic E-state index is -0.701. The van der Waals surface area contributed by atoms with Gasteiger partial charge in [0.1, 0.15) is 11.6 Å². The Morgan fingerprint density at radius 1 is 1.16 bits per heavy atom. The van der Waals surface area contributed by atoms with Crippen LogP contribution >= 0.6 is 28.6 Å². The van der Waals surface area contributed by atoms with E-state index in [9.17, 15) is 13.6 Å². The van der Waals surface area contributed by atoms with Crippen LogP contribution in [-0.4, -0.2) is 5.91 Å². The molecular formula is C13H8BrF2NOS. The highest BCUT2D eigenvalue weighted by Crippen LogP contribution is 2.22. The lowest BCUT2D eigenvalue weighted by molar-refractivity contribution is 0.102. The van der Waals surface area contributed by atoms with Crippen molar-refractivity contribution in [1.82, 2.24) is 0 Å². The van der Waals surface area contributed by atoms with Gasteiger partial charge >= 0.3 is 0 Å². The lowest BCUT2D eigenvalue weighted by Gasteiger charge is -2.08. The van der Waals surface area contributed by atoms with Crippen molar-refractivity contribution in [2.45, 2.75) is 4.90 Å². The van der Waals surface area contributed by atoms with Gasteiger partial charge in [-0.05, 0) is 46.3 Å². The summed E-state index contributed by atoms with van der Waals surface area (Å²) >= 11 is 7.34. The van der Waals surface area contributed by atoms with Crippen LogP contribution in [0.3, 0.4) is 0 Å². The molecule has 2 rings (SSSR count). The van der Waals surface area contributed by atoms with E-state index in [4.69, 9.17) is 0 Å². The fourth-order valence-corrected chi connectivity index (χ4v) is 2.10. The summed E-state index contributed by atoms with van der Waals surface area (Å²) in [5.74, 6) is -1.88. The Hall–Kier alpha value is -1.40. The van der Waals surface area contributed by atoms with Crippen molar-refractivity contribution in [3.8, 4) is 0 Å². The monoisotopic (exact) mass is 343 g/mol. The maximum atomic E-state index is 13.4. The summed E-state index contributed by atoms with van der Waals surface area (Å²) in [5.41, 5.74) is 0.0811. The largest absolute Gasteiger partial charge is 0.319 e. The molecule has 0 saturated carbocycles. The van der Waals surface area contributed by atoms with Crippen molar-refractivity contribution in [2.75, 3.05) is 5.32 Å². The zero-order chi connectivity index (χ0) is 14.0. The minimum Gasteiger partial charge on any atom is -0.319 e. The van der Waals surface area contributed by atoms with E-state index in [1.165, 1.54) is 6.07 Å². The van der Waals surface area contributed by atoms with Crippen LogP contribution in [0.2, 0.25) is 0 Å². The summed E-state index contributed by atoms with van der Waals surface area (Å²) in [7, 11) is 0. The molecule has 0 unspecified atom stereocenters. The van der Waals surface area contributed by atoms with E-state index >= 15 is 0 Å². The average molecular weight is 344 g/mol. The van der Waals surface area contributed by atoms with E-state index in [2.05, 4.69) is 33.9 Å². The molecule has 0 bridgehead atoms. The van der Waals surface area contributed by atoms with Crippen LogP contribution in [0.15, 0.2) is 45.8 Å². The Kier molecular flexibility index (Phi) is 4.21. The first-order valence-corrected chi connectivity index (χ1v) is 6.46. The molecule has 0 fully saturated rings. The number of halogens is 3. The molecule has 2 aromatic carbocycles. The van der Waals surface area contributed by atoms with Gasteiger partial charge in [0.05, 0.1) is 11.3 Å². The Morgan fingerprint density at radius 2 is 1.89 bits per heavy atom. The van der Waals surface area contributed by atoms with Gasteiger partial charge in [0.25, 0.3) is 5.91 Å². The standard InChI is InChI=1S/C13H8BrF2NOS/c14-10-3-2-8(19)6-9(10)13(18)17-12-5-7(15)1-4-11(12)16/h1-6,19H,(H,17,18). The minimum absolute atomic E-state index is 0.207. The van der Waals surface area contributed by atoms with E-state index in [1.54, 1.807) is 12.1 Å². The van der Waals surface area contributed by atoms with Crippen LogP contribution < -0.4 is 5.32 Å². The van der Waals surface area contributed by atoms with Crippen LogP contribution in [0.4, 0.5) is 14.5 Å². The molecule has 0 aliphatic rings. The molecule has 0 heterocycles. The number of anilines is 1. The number of carbonyl (C=O) groups excluding carboxylic acids is 1. The van der Waals surface area contributed by atoms with E-state index in [1.807, 2.05) is 0 Å². The highest BCUT2D eigenvalue weighted by atomic mass is 79.9. The van der Waals surface area contributed by atoms with Crippen molar-refractivity contribution in [1.29, 1.82) is 0 Å². The molecule has 19 heavy (non-hydrogen) atoms. The molecular weight excluding hydrogens is 336 g/mol. The zero-order valence-corrected chi connectivity index (χ0v) is 11.9. The molecule has 1 amide bonds. The molecule has 0 aliphatic heterocycles. The maximum absolute atomic E-state index is 13.4. The summed E-state index contributed by atoms with van der Waals surface area (Å²) in [6, 6.07) is 7.74. The summed E-state index contributed by atoms with van der Waals surface area (Å²) in [5, 5.41) is 2.32. The third-order valence-electron chi connectivity index (χ3n) is 2.37. The summed E-state index contributed by atoms with van der Waals surface area (Å²) in [6.45, 7) is 0. The Labute approximate surface area is 122 Å². The number of nitrogens with one attached hydrogen (secondary N) is 1. The van der Waals surface area contributed by atoms with Gasteiger partial charge in [-0.25, -0.2) is 8.78 Å². The Morgan fingerprint density at radius 3 is 2.63 bits per heavy atom. The summed E-state index contributed by atoms with van der Waals surface area (Å²) < 4.78 is 27.0. The van der Waals surface area contributed by atoms with Crippen molar-refractivity contribution in [2.24, 2.45) is 0 Å². The first kappa shape index (κ1) is 14.0. The highest BCUT2D eigenvalue weighted by Gasteiger charge is 2.13. The molecule has 1 N–H and O–H groups in total. The molecule has 0 radical (unpaired) electrons. The SMILES string of the molecule is O=C(Nc1cc(F)ccc1F)c1cc(S)ccc1Br. The van der Waals surface area contributed by atoms with Crippen LogP contribution in [0.25, 0.3) is 0 Å². The second-order valence-electron chi connectivity index (χ2n) is 3.74. The normalized spacial score (nSPS) is 10.3. The average Bonchev–Trinajstić information content (AvgIpc) is 2.36. The first-order valence-electron chi connectivity index (χ1n) is 5.22. The van der Waals surface area contributed by atoms with Crippen LogP contribution in [0.1, 0.15) is 10.4 Å². The van der Waals surface area contributed by atoms with Crippen LogP contribution in [0.5, 0.6) is 0 Å². The smallest absolute Gasteiger partial charge is 0.256 e. The Balaban J connectivity index is 2.30. The number of thiol groups is 1. The molecule has 0 saturated heterocycles.